The molecule has 0 bridgehead atoms. The van der Waals surface area contributed by atoms with E-state index in [1.807, 2.05) is 18.3 Å². The first kappa shape index (κ1) is 16.3. The lowest BCUT2D eigenvalue weighted by Crippen LogP contribution is -2.44. The molecule has 0 spiro atoms. The summed E-state index contributed by atoms with van der Waals surface area (Å²) in [6.07, 6.45) is -3.92. The molecule has 0 saturated heterocycles. The monoisotopic (exact) mass is 289 g/mol. The summed E-state index contributed by atoms with van der Waals surface area (Å²) in [5, 5.41) is 1.87. The highest BCUT2D eigenvalue weighted by molar-refractivity contribution is 5.92. The van der Waals surface area contributed by atoms with Crippen LogP contribution < -0.4 is 16.0 Å². The summed E-state index contributed by atoms with van der Waals surface area (Å²) in [6.45, 7) is 1.12. The summed E-state index contributed by atoms with van der Waals surface area (Å²) in [5.74, 6) is 0. The van der Waals surface area contributed by atoms with E-state index in [-0.39, 0.29) is 6.54 Å². The Morgan fingerprint density at radius 1 is 1.40 bits per heavy atom. The second-order valence-electron chi connectivity index (χ2n) is 4.41. The van der Waals surface area contributed by atoms with Gasteiger partial charge in [0.15, 0.2) is 0 Å². The second kappa shape index (κ2) is 7.14. The Morgan fingerprint density at radius 3 is 2.65 bits per heavy atom. The fraction of sp³-hybridized carbons (Fsp3) is 0.462. The third kappa shape index (κ3) is 5.48. The number of rotatable bonds is 5. The summed E-state index contributed by atoms with van der Waals surface area (Å²) in [6, 6.07) is 6.23. The van der Waals surface area contributed by atoms with Crippen LogP contribution in [0, 0.1) is 6.92 Å². The van der Waals surface area contributed by atoms with Crippen LogP contribution in [-0.4, -0.2) is 31.8 Å². The predicted octanol–water partition coefficient (Wildman–Crippen LogP) is 2.42. The Morgan fingerprint density at radius 2 is 2.10 bits per heavy atom. The van der Waals surface area contributed by atoms with E-state index in [4.69, 9.17) is 5.73 Å². The number of carbonyl (C=O) groups is 1. The molecule has 2 amide bonds. The molecule has 0 aliphatic heterocycles. The van der Waals surface area contributed by atoms with E-state index in [2.05, 4.69) is 0 Å². The number of alkyl halides is 3. The molecule has 0 aromatic heterocycles. The van der Waals surface area contributed by atoms with E-state index in [1.165, 1.54) is 4.90 Å². The van der Waals surface area contributed by atoms with Crippen LogP contribution in [0.3, 0.4) is 0 Å². The van der Waals surface area contributed by atoms with Gasteiger partial charge in [-0.2, -0.15) is 13.2 Å². The van der Waals surface area contributed by atoms with Crippen molar-refractivity contribution in [1.82, 2.24) is 5.32 Å². The minimum atomic E-state index is -4.43. The molecule has 0 radical (unpaired) electrons. The van der Waals surface area contributed by atoms with Crippen molar-refractivity contribution in [2.24, 2.45) is 5.73 Å². The van der Waals surface area contributed by atoms with Crippen molar-refractivity contribution >= 4 is 11.7 Å². The number of benzene rings is 1. The molecule has 7 heteroatoms. The van der Waals surface area contributed by atoms with E-state index in [9.17, 15) is 18.0 Å². The molecule has 0 aliphatic carbocycles. The average molecular weight is 289 g/mol. The van der Waals surface area contributed by atoms with Gasteiger partial charge in [0.05, 0.1) is 0 Å². The lowest BCUT2D eigenvalue weighted by Gasteiger charge is -2.23. The zero-order valence-electron chi connectivity index (χ0n) is 11.2. The first-order chi connectivity index (χ1) is 9.33. The van der Waals surface area contributed by atoms with Gasteiger partial charge in [0.1, 0.15) is 6.54 Å². The summed E-state index contributed by atoms with van der Waals surface area (Å²) in [7, 11) is 0. The largest absolute Gasteiger partial charge is 0.405 e. The van der Waals surface area contributed by atoms with Gasteiger partial charge in [0.25, 0.3) is 0 Å². The minimum absolute atomic E-state index is 0.268. The van der Waals surface area contributed by atoms with Gasteiger partial charge in [-0.3, -0.25) is 4.90 Å². The third-order valence-electron chi connectivity index (χ3n) is 2.58. The molecule has 20 heavy (non-hydrogen) atoms. The molecule has 0 saturated carbocycles. The SMILES string of the molecule is Cc1cccc(N(CCCN)C(=O)NCC(F)(F)F)c1. The van der Waals surface area contributed by atoms with Crippen molar-refractivity contribution in [3.05, 3.63) is 29.8 Å². The van der Waals surface area contributed by atoms with Gasteiger partial charge in [0.2, 0.25) is 0 Å². The van der Waals surface area contributed by atoms with Crippen LogP contribution in [-0.2, 0) is 0 Å². The number of anilines is 1. The lowest BCUT2D eigenvalue weighted by molar-refractivity contribution is -0.122. The fourth-order valence-electron chi connectivity index (χ4n) is 1.66. The van der Waals surface area contributed by atoms with Crippen molar-refractivity contribution in [2.75, 3.05) is 24.5 Å². The molecule has 3 N–H and O–H groups in total. The molecule has 1 aromatic rings. The van der Waals surface area contributed by atoms with Crippen LogP contribution in [0.5, 0.6) is 0 Å². The number of halogens is 3. The van der Waals surface area contributed by atoms with Gasteiger partial charge in [-0.05, 0) is 37.6 Å². The molecule has 4 nitrogen and oxygen atoms in total. The molecular formula is C13H18F3N3O. The standard InChI is InChI=1S/C13H18F3N3O/c1-10-4-2-5-11(8-10)19(7-3-6-17)12(20)18-9-13(14,15)16/h2,4-5,8H,3,6-7,9,17H2,1H3,(H,18,20). The number of hydrogen-bond acceptors (Lipinski definition) is 2. The number of nitrogens with one attached hydrogen (secondary N) is 1. The number of hydrogen-bond donors (Lipinski definition) is 2. The van der Waals surface area contributed by atoms with Crippen molar-refractivity contribution < 1.29 is 18.0 Å². The van der Waals surface area contributed by atoms with Gasteiger partial charge in [0, 0.05) is 12.2 Å². The molecule has 0 atom stereocenters. The highest BCUT2D eigenvalue weighted by atomic mass is 19.4. The first-order valence-corrected chi connectivity index (χ1v) is 6.22. The third-order valence-corrected chi connectivity index (χ3v) is 2.58. The predicted molar refractivity (Wildman–Crippen MR) is 71.7 cm³/mol. The Balaban J connectivity index is 2.80. The van der Waals surface area contributed by atoms with Crippen LogP contribution in [0.2, 0.25) is 0 Å². The summed E-state index contributed by atoms with van der Waals surface area (Å²) in [4.78, 5) is 13.2. The van der Waals surface area contributed by atoms with E-state index in [0.29, 0.717) is 18.7 Å². The number of urea groups is 1. The van der Waals surface area contributed by atoms with Crippen LogP contribution in [0.1, 0.15) is 12.0 Å². The van der Waals surface area contributed by atoms with Crippen LogP contribution in [0.4, 0.5) is 23.7 Å². The summed E-state index contributed by atoms with van der Waals surface area (Å²) in [5.41, 5.74) is 6.86. The Hall–Kier alpha value is -1.76. The zero-order chi connectivity index (χ0) is 15.2. The number of nitrogens with zero attached hydrogens (tertiary/aromatic N) is 1. The lowest BCUT2D eigenvalue weighted by atomic mass is 10.2. The van der Waals surface area contributed by atoms with E-state index < -0.39 is 18.8 Å². The Kier molecular flexibility index (Phi) is 5.82. The molecule has 112 valence electrons. The maximum Gasteiger partial charge on any atom is 0.405 e. The first-order valence-electron chi connectivity index (χ1n) is 6.22. The molecule has 0 aliphatic rings. The van der Waals surface area contributed by atoms with Crippen molar-refractivity contribution in [3.63, 3.8) is 0 Å². The maximum absolute atomic E-state index is 12.1. The number of aryl methyl sites for hydroxylation is 1. The highest BCUT2D eigenvalue weighted by Gasteiger charge is 2.29. The van der Waals surface area contributed by atoms with Crippen LogP contribution in [0.15, 0.2) is 24.3 Å². The number of carbonyl (C=O) groups excluding carboxylic acids is 1. The van der Waals surface area contributed by atoms with Gasteiger partial charge in [-0.15, -0.1) is 0 Å². The van der Waals surface area contributed by atoms with Gasteiger partial charge < -0.3 is 11.1 Å². The number of amides is 2. The normalized spacial score (nSPS) is 11.2. The fourth-order valence-corrected chi connectivity index (χ4v) is 1.66. The topological polar surface area (TPSA) is 58.4 Å². The smallest absolute Gasteiger partial charge is 0.330 e. The van der Waals surface area contributed by atoms with Crippen LogP contribution in [0.25, 0.3) is 0 Å². The summed E-state index contributed by atoms with van der Waals surface area (Å²) < 4.78 is 36.4. The maximum atomic E-state index is 12.1. The highest BCUT2D eigenvalue weighted by Crippen LogP contribution is 2.17. The number of nitrogens with two attached hydrogens (primary N) is 1. The second-order valence-corrected chi connectivity index (χ2v) is 4.41. The minimum Gasteiger partial charge on any atom is -0.330 e. The Labute approximate surface area is 115 Å². The quantitative estimate of drug-likeness (QED) is 0.874. The van der Waals surface area contributed by atoms with Crippen molar-refractivity contribution in [2.45, 2.75) is 19.5 Å². The molecule has 1 aromatic carbocycles. The molecule has 0 unspecified atom stereocenters. The van der Waals surface area contributed by atoms with Gasteiger partial charge in [-0.25, -0.2) is 4.79 Å². The summed E-state index contributed by atoms with van der Waals surface area (Å²) >= 11 is 0. The van der Waals surface area contributed by atoms with E-state index in [0.717, 1.165) is 5.56 Å². The zero-order valence-corrected chi connectivity index (χ0v) is 11.2. The van der Waals surface area contributed by atoms with Gasteiger partial charge >= 0.3 is 12.2 Å². The average Bonchev–Trinajstić information content (AvgIpc) is 2.36. The van der Waals surface area contributed by atoms with E-state index in [1.54, 1.807) is 18.2 Å². The molecule has 0 fully saturated rings. The van der Waals surface area contributed by atoms with Gasteiger partial charge in [-0.1, -0.05) is 12.1 Å². The van der Waals surface area contributed by atoms with E-state index >= 15 is 0 Å². The molecule has 1 rings (SSSR count). The van der Waals surface area contributed by atoms with Crippen molar-refractivity contribution in [3.8, 4) is 0 Å². The Bertz CT molecular complexity index is 449. The molecular weight excluding hydrogens is 271 g/mol. The van der Waals surface area contributed by atoms with Crippen molar-refractivity contribution in [1.29, 1.82) is 0 Å². The molecule has 0 heterocycles. The van der Waals surface area contributed by atoms with Crippen LogP contribution >= 0.6 is 0 Å².